The lowest BCUT2D eigenvalue weighted by Gasteiger charge is -2.10. The van der Waals surface area contributed by atoms with Crippen LogP contribution in [0, 0.1) is 0 Å². The SMILES string of the molecule is O=C(NC1CC1)c1ccc(-c2nc(NCCc3ccc(O)cc3)c3ncn(-c4ccsc4)c3n2)cc1. The van der Waals surface area contributed by atoms with Crippen LogP contribution in [-0.4, -0.2) is 43.1 Å². The van der Waals surface area contributed by atoms with E-state index in [1.165, 1.54) is 0 Å². The molecule has 0 aliphatic heterocycles. The van der Waals surface area contributed by atoms with Gasteiger partial charge in [0, 0.05) is 29.1 Å². The van der Waals surface area contributed by atoms with E-state index in [4.69, 9.17) is 9.97 Å². The van der Waals surface area contributed by atoms with Crippen molar-refractivity contribution >= 4 is 34.2 Å². The molecule has 3 N–H and O–H groups in total. The number of aromatic hydroxyl groups is 1. The second-order valence-electron chi connectivity index (χ2n) is 8.83. The van der Waals surface area contributed by atoms with Crippen LogP contribution in [-0.2, 0) is 6.42 Å². The Morgan fingerprint density at radius 1 is 1.06 bits per heavy atom. The smallest absolute Gasteiger partial charge is 0.251 e. The van der Waals surface area contributed by atoms with Gasteiger partial charge in [0.2, 0.25) is 0 Å². The van der Waals surface area contributed by atoms with Gasteiger partial charge in [0.1, 0.15) is 12.1 Å². The Morgan fingerprint density at radius 2 is 1.86 bits per heavy atom. The Morgan fingerprint density at radius 3 is 2.58 bits per heavy atom. The van der Waals surface area contributed by atoms with Crippen LogP contribution in [0.2, 0.25) is 0 Å². The van der Waals surface area contributed by atoms with Crippen LogP contribution in [0.4, 0.5) is 5.82 Å². The highest BCUT2D eigenvalue weighted by Crippen LogP contribution is 2.27. The van der Waals surface area contributed by atoms with Crippen LogP contribution in [0.15, 0.2) is 71.7 Å². The van der Waals surface area contributed by atoms with Crippen molar-refractivity contribution in [2.45, 2.75) is 25.3 Å². The number of phenolic OH excluding ortho intramolecular Hbond substituents is 1. The van der Waals surface area contributed by atoms with Crippen LogP contribution < -0.4 is 10.6 Å². The fourth-order valence-corrected chi connectivity index (χ4v) is 4.62. The van der Waals surface area contributed by atoms with Crippen molar-refractivity contribution in [1.82, 2.24) is 24.8 Å². The minimum atomic E-state index is -0.0486. The zero-order chi connectivity index (χ0) is 24.5. The summed E-state index contributed by atoms with van der Waals surface area (Å²) in [5.41, 5.74) is 4.95. The third kappa shape index (κ3) is 4.65. The molecule has 6 rings (SSSR count). The largest absolute Gasteiger partial charge is 0.508 e. The molecule has 1 amide bonds. The summed E-state index contributed by atoms with van der Waals surface area (Å²) in [6, 6.07) is 16.9. The van der Waals surface area contributed by atoms with Gasteiger partial charge in [-0.1, -0.05) is 24.3 Å². The van der Waals surface area contributed by atoms with E-state index in [9.17, 15) is 9.90 Å². The predicted molar refractivity (Wildman–Crippen MR) is 141 cm³/mol. The first kappa shape index (κ1) is 22.2. The second-order valence-corrected chi connectivity index (χ2v) is 9.61. The van der Waals surface area contributed by atoms with Gasteiger partial charge in [0.15, 0.2) is 22.8 Å². The molecular formula is C27H24N6O2S. The van der Waals surface area contributed by atoms with Crippen molar-refractivity contribution in [1.29, 1.82) is 0 Å². The summed E-state index contributed by atoms with van der Waals surface area (Å²) in [5, 5.41) is 20.0. The number of rotatable bonds is 8. The fourth-order valence-electron chi connectivity index (χ4n) is 3.99. The number of amides is 1. The highest BCUT2D eigenvalue weighted by Gasteiger charge is 2.24. The molecule has 3 aromatic heterocycles. The summed E-state index contributed by atoms with van der Waals surface area (Å²) < 4.78 is 1.96. The number of hydrogen-bond donors (Lipinski definition) is 3. The topological polar surface area (TPSA) is 105 Å². The van der Waals surface area contributed by atoms with Gasteiger partial charge in [-0.05, 0) is 60.5 Å². The van der Waals surface area contributed by atoms with Gasteiger partial charge in [0.25, 0.3) is 5.91 Å². The molecule has 0 bridgehead atoms. The Bertz CT molecular complexity index is 1510. The van der Waals surface area contributed by atoms with Crippen molar-refractivity contribution < 1.29 is 9.90 Å². The van der Waals surface area contributed by atoms with Gasteiger partial charge in [-0.2, -0.15) is 11.3 Å². The maximum Gasteiger partial charge on any atom is 0.251 e. The molecule has 0 spiro atoms. The standard InChI is InChI=1S/C27H24N6O2S/c34-22-9-1-17(2-10-22)11-13-28-25-23-26(33(16-29-23)21-12-14-36-15-21)32-24(31-25)18-3-5-19(6-4-18)27(35)30-20-7-8-20/h1-6,9-10,12,14-16,20,34H,7-8,11,13H2,(H,30,35)(H,28,31,32). The van der Waals surface area contributed by atoms with Crippen molar-refractivity contribution in [3.05, 3.63) is 82.8 Å². The number of aromatic nitrogens is 4. The Kier molecular flexibility index (Phi) is 5.82. The van der Waals surface area contributed by atoms with E-state index in [0.29, 0.717) is 41.0 Å². The Balaban J connectivity index is 1.32. The molecule has 2 aromatic carbocycles. The molecule has 0 radical (unpaired) electrons. The maximum absolute atomic E-state index is 12.4. The van der Waals surface area contributed by atoms with Gasteiger partial charge in [-0.15, -0.1) is 0 Å². The minimum absolute atomic E-state index is 0.0486. The lowest BCUT2D eigenvalue weighted by molar-refractivity contribution is 0.0951. The molecule has 1 aliphatic carbocycles. The van der Waals surface area contributed by atoms with Crippen LogP contribution >= 0.6 is 11.3 Å². The quantitative estimate of drug-likeness (QED) is 0.285. The van der Waals surface area contributed by atoms with Crippen LogP contribution in [0.25, 0.3) is 28.2 Å². The minimum Gasteiger partial charge on any atom is -0.508 e. The van der Waals surface area contributed by atoms with E-state index in [1.54, 1.807) is 29.8 Å². The number of imidazole rings is 1. The number of nitrogens with zero attached hydrogens (tertiary/aromatic N) is 4. The van der Waals surface area contributed by atoms with Crippen LogP contribution in [0.1, 0.15) is 28.8 Å². The highest BCUT2D eigenvalue weighted by molar-refractivity contribution is 7.08. The molecule has 9 heteroatoms. The lowest BCUT2D eigenvalue weighted by Crippen LogP contribution is -2.25. The summed E-state index contributed by atoms with van der Waals surface area (Å²) in [6.45, 7) is 0.641. The van der Waals surface area contributed by atoms with E-state index >= 15 is 0 Å². The summed E-state index contributed by atoms with van der Waals surface area (Å²) >= 11 is 1.61. The predicted octanol–water partition coefficient (Wildman–Crippen LogP) is 4.80. The number of phenols is 1. The molecule has 180 valence electrons. The van der Waals surface area contributed by atoms with E-state index in [-0.39, 0.29) is 11.7 Å². The molecule has 0 atom stereocenters. The molecule has 36 heavy (non-hydrogen) atoms. The third-order valence-electron chi connectivity index (χ3n) is 6.14. The average Bonchev–Trinajstić information content (AvgIpc) is 3.36. The first-order chi connectivity index (χ1) is 17.6. The molecule has 3 heterocycles. The van der Waals surface area contributed by atoms with Crippen molar-refractivity contribution in [3.8, 4) is 22.8 Å². The zero-order valence-corrected chi connectivity index (χ0v) is 20.2. The number of nitrogens with one attached hydrogen (secondary N) is 2. The van der Waals surface area contributed by atoms with Crippen molar-refractivity contribution in [3.63, 3.8) is 0 Å². The summed E-state index contributed by atoms with van der Waals surface area (Å²) in [4.78, 5) is 26.7. The molecule has 5 aromatic rings. The van der Waals surface area contributed by atoms with Gasteiger partial charge in [-0.25, -0.2) is 15.0 Å². The number of carbonyl (C=O) groups is 1. The highest BCUT2D eigenvalue weighted by atomic mass is 32.1. The molecule has 0 unspecified atom stereocenters. The number of anilines is 1. The number of fused-ring (bicyclic) bond motifs is 1. The number of hydrogen-bond acceptors (Lipinski definition) is 7. The molecule has 1 fully saturated rings. The summed E-state index contributed by atoms with van der Waals surface area (Å²) in [6.07, 6.45) is 4.63. The zero-order valence-electron chi connectivity index (χ0n) is 19.4. The Labute approximate surface area is 211 Å². The fraction of sp³-hybridized carbons (Fsp3) is 0.185. The number of thiophene rings is 1. The van der Waals surface area contributed by atoms with Crippen LogP contribution in [0.5, 0.6) is 5.75 Å². The van der Waals surface area contributed by atoms with Gasteiger partial charge < -0.3 is 15.7 Å². The van der Waals surface area contributed by atoms with E-state index in [0.717, 1.165) is 36.1 Å². The Hall–Kier alpha value is -4.24. The first-order valence-corrected chi connectivity index (χ1v) is 12.8. The van der Waals surface area contributed by atoms with Gasteiger partial charge in [0.05, 0.1) is 5.69 Å². The van der Waals surface area contributed by atoms with Gasteiger partial charge >= 0.3 is 0 Å². The van der Waals surface area contributed by atoms with Crippen molar-refractivity contribution in [2.24, 2.45) is 0 Å². The van der Waals surface area contributed by atoms with E-state index in [1.807, 2.05) is 57.8 Å². The third-order valence-corrected chi connectivity index (χ3v) is 6.81. The average molecular weight is 497 g/mol. The summed E-state index contributed by atoms with van der Waals surface area (Å²) in [5.74, 6) is 1.41. The number of carbonyl (C=O) groups excluding carboxylic acids is 1. The normalized spacial score (nSPS) is 13.1. The summed E-state index contributed by atoms with van der Waals surface area (Å²) in [7, 11) is 0. The van der Waals surface area contributed by atoms with E-state index < -0.39 is 0 Å². The molecule has 1 aliphatic rings. The van der Waals surface area contributed by atoms with Crippen LogP contribution in [0.3, 0.4) is 0 Å². The molecule has 8 nitrogen and oxygen atoms in total. The second kappa shape index (κ2) is 9.43. The lowest BCUT2D eigenvalue weighted by atomic mass is 10.1. The van der Waals surface area contributed by atoms with Gasteiger partial charge in [-0.3, -0.25) is 9.36 Å². The molecule has 0 saturated heterocycles. The first-order valence-electron chi connectivity index (χ1n) is 11.8. The monoisotopic (exact) mass is 496 g/mol. The molecular weight excluding hydrogens is 472 g/mol. The van der Waals surface area contributed by atoms with E-state index in [2.05, 4.69) is 15.6 Å². The maximum atomic E-state index is 12.4. The number of benzene rings is 2. The molecule has 1 saturated carbocycles. The van der Waals surface area contributed by atoms with Crippen molar-refractivity contribution in [2.75, 3.05) is 11.9 Å².